The molecule has 40 heavy (non-hydrogen) atoms. The zero-order chi connectivity index (χ0) is 27.9. The van der Waals surface area contributed by atoms with E-state index >= 15 is 0 Å². The van der Waals surface area contributed by atoms with Gasteiger partial charge in [0.05, 0.1) is 6.04 Å². The first-order chi connectivity index (χ1) is 19.5. The molecule has 0 bridgehead atoms. The molecular formula is C33H35ClN4O2. The van der Waals surface area contributed by atoms with Crippen molar-refractivity contribution < 1.29 is 9.15 Å². The topological polar surface area (TPSA) is 74.3 Å². The van der Waals surface area contributed by atoms with Crippen molar-refractivity contribution in [2.24, 2.45) is 0 Å². The SMILES string of the molecule is CC(C)c1ccc(C(CNc2oc(-c3ccc(OCc4ccccc4Cl)cc3)nc2C#N)N2CCCCC2)cc1. The first kappa shape index (κ1) is 27.8. The Morgan fingerprint density at radius 3 is 2.35 bits per heavy atom. The molecule has 0 saturated carbocycles. The Kier molecular flexibility index (Phi) is 9.05. The van der Waals surface area contributed by atoms with Crippen LogP contribution in [0.15, 0.2) is 77.2 Å². The Bertz CT molecular complexity index is 1430. The second kappa shape index (κ2) is 13.0. The van der Waals surface area contributed by atoms with E-state index in [1.54, 1.807) is 0 Å². The molecule has 1 aliphatic heterocycles. The van der Waals surface area contributed by atoms with Crippen molar-refractivity contribution in [2.45, 2.75) is 51.7 Å². The van der Waals surface area contributed by atoms with Crippen molar-refractivity contribution >= 4 is 17.5 Å². The monoisotopic (exact) mass is 554 g/mol. The predicted molar refractivity (Wildman–Crippen MR) is 160 cm³/mol. The van der Waals surface area contributed by atoms with Crippen molar-refractivity contribution in [3.8, 4) is 23.3 Å². The van der Waals surface area contributed by atoms with Crippen LogP contribution in [-0.2, 0) is 6.61 Å². The summed E-state index contributed by atoms with van der Waals surface area (Å²) >= 11 is 6.23. The zero-order valence-electron chi connectivity index (χ0n) is 23.1. The van der Waals surface area contributed by atoms with Crippen molar-refractivity contribution in [2.75, 3.05) is 25.0 Å². The summed E-state index contributed by atoms with van der Waals surface area (Å²) in [6.45, 7) is 7.56. The molecule has 0 aliphatic carbocycles. The Balaban J connectivity index is 1.29. The summed E-state index contributed by atoms with van der Waals surface area (Å²) in [5.41, 5.74) is 4.55. The molecule has 4 aromatic rings. The summed E-state index contributed by atoms with van der Waals surface area (Å²) < 4.78 is 12.0. The second-order valence-electron chi connectivity index (χ2n) is 10.5. The Labute approximate surface area is 241 Å². The highest BCUT2D eigenvalue weighted by atomic mass is 35.5. The molecule has 0 radical (unpaired) electrons. The van der Waals surface area contributed by atoms with Crippen LogP contribution in [0.3, 0.4) is 0 Å². The van der Waals surface area contributed by atoms with E-state index in [9.17, 15) is 5.26 Å². The van der Waals surface area contributed by atoms with Crippen LogP contribution in [0.1, 0.15) is 67.5 Å². The number of aromatic nitrogens is 1. The lowest BCUT2D eigenvalue weighted by atomic mass is 9.97. The summed E-state index contributed by atoms with van der Waals surface area (Å²) in [6.07, 6.45) is 3.68. The molecule has 1 aliphatic rings. The number of halogens is 1. The minimum Gasteiger partial charge on any atom is -0.489 e. The first-order valence-electron chi connectivity index (χ1n) is 14.0. The maximum atomic E-state index is 9.78. The van der Waals surface area contributed by atoms with E-state index in [-0.39, 0.29) is 11.7 Å². The minimum absolute atomic E-state index is 0.177. The van der Waals surface area contributed by atoms with Gasteiger partial charge in [-0.3, -0.25) is 4.90 Å². The molecule has 7 heteroatoms. The molecule has 1 unspecified atom stereocenters. The number of rotatable bonds is 10. The summed E-state index contributed by atoms with van der Waals surface area (Å²) in [6, 6.07) is 26.4. The van der Waals surface area contributed by atoms with E-state index in [0.717, 1.165) is 24.2 Å². The van der Waals surface area contributed by atoms with Crippen LogP contribution < -0.4 is 10.1 Å². The van der Waals surface area contributed by atoms with Crippen molar-refractivity contribution in [3.63, 3.8) is 0 Å². The molecule has 206 valence electrons. The van der Waals surface area contributed by atoms with Crippen LogP contribution in [0.2, 0.25) is 5.02 Å². The summed E-state index contributed by atoms with van der Waals surface area (Å²) in [7, 11) is 0. The summed E-state index contributed by atoms with van der Waals surface area (Å²) in [5.74, 6) is 2.00. The van der Waals surface area contributed by atoms with Crippen molar-refractivity contribution in [3.05, 3.63) is 100 Å². The summed E-state index contributed by atoms with van der Waals surface area (Å²) in [5, 5.41) is 13.9. The fourth-order valence-corrected chi connectivity index (χ4v) is 5.28. The van der Waals surface area contributed by atoms with Crippen LogP contribution in [-0.4, -0.2) is 29.5 Å². The highest BCUT2D eigenvalue weighted by Gasteiger charge is 2.24. The van der Waals surface area contributed by atoms with E-state index < -0.39 is 0 Å². The number of oxazole rings is 1. The Morgan fingerprint density at radius 2 is 1.68 bits per heavy atom. The first-order valence-corrected chi connectivity index (χ1v) is 14.3. The number of ether oxygens (including phenoxy) is 1. The number of anilines is 1. The van der Waals surface area contributed by atoms with E-state index in [2.05, 4.69) is 59.4 Å². The van der Waals surface area contributed by atoms with Gasteiger partial charge in [0, 0.05) is 22.7 Å². The standard InChI is InChI=1S/C33H35ClN4O2/c1-23(2)24-10-12-25(13-11-24)31(38-18-6-3-7-19-38)21-36-33-30(20-35)37-32(40-33)26-14-16-28(17-15-26)39-22-27-8-4-5-9-29(27)34/h4-5,8-17,23,31,36H,3,6-7,18-19,21-22H2,1-2H3. The lowest BCUT2D eigenvalue weighted by Gasteiger charge is -2.35. The largest absolute Gasteiger partial charge is 0.489 e. The molecule has 0 amide bonds. The summed E-state index contributed by atoms with van der Waals surface area (Å²) in [4.78, 5) is 7.00. The highest BCUT2D eigenvalue weighted by molar-refractivity contribution is 6.31. The fraction of sp³-hybridized carbons (Fsp3) is 0.333. The Morgan fingerprint density at radius 1 is 0.975 bits per heavy atom. The molecule has 0 spiro atoms. The molecule has 3 aromatic carbocycles. The predicted octanol–water partition coefficient (Wildman–Crippen LogP) is 8.21. The van der Waals surface area contributed by atoms with Gasteiger partial charge in [-0.05, 0) is 73.3 Å². The van der Waals surface area contributed by atoms with E-state index in [0.29, 0.717) is 41.6 Å². The average Bonchev–Trinajstić information content (AvgIpc) is 3.41. The molecule has 1 fully saturated rings. The van der Waals surface area contributed by atoms with Gasteiger partial charge in [0.2, 0.25) is 17.5 Å². The van der Waals surface area contributed by atoms with Gasteiger partial charge in [-0.15, -0.1) is 0 Å². The number of nitrogens with zero attached hydrogens (tertiary/aromatic N) is 3. The molecule has 1 atom stereocenters. The van der Waals surface area contributed by atoms with Gasteiger partial charge in [-0.2, -0.15) is 10.2 Å². The van der Waals surface area contributed by atoms with Crippen LogP contribution in [0.5, 0.6) is 5.75 Å². The van der Waals surface area contributed by atoms with Crippen LogP contribution in [0, 0.1) is 11.3 Å². The third-order valence-electron chi connectivity index (χ3n) is 7.46. The third-order valence-corrected chi connectivity index (χ3v) is 7.83. The second-order valence-corrected chi connectivity index (χ2v) is 10.9. The quantitative estimate of drug-likeness (QED) is 0.213. The van der Waals surface area contributed by atoms with Crippen LogP contribution in [0.4, 0.5) is 5.88 Å². The normalized spacial score (nSPS) is 14.6. The van der Waals surface area contributed by atoms with Gasteiger partial charge in [0.1, 0.15) is 18.4 Å². The number of benzene rings is 3. The maximum Gasteiger partial charge on any atom is 0.232 e. The number of likely N-dealkylation sites (tertiary alicyclic amines) is 1. The number of nitriles is 1. The van der Waals surface area contributed by atoms with Gasteiger partial charge in [0.25, 0.3) is 0 Å². The smallest absolute Gasteiger partial charge is 0.232 e. The lowest BCUT2D eigenvalue weighted by molar-refractivity contribution is 0.170. The molecule has 1 saturated heterocycles. The molecule has 1 aromatic heterocycles. The zero-order valence-corrected chi connectivity index (χ0v) is 23.8. The molecular weight excluding hydrogens is 520 g/mol. The maximum absolute atomic E-state index is 9.78. The highest BCUT2D eigenvalue weighted by Crippen LogP contribution is 2.30. The molecule has 2 heterocycles. The minimum atomic E-state index is 0.177. The van der Waals surface area contributed by atoms with E-state index in [1.807, 2.05) is 48.5 Å². The van der Waals surface area contributed by atoms with Crippen molar-refractivity contribution in [1.29, 1.82) is 5.26 Å². The van der Waals surface area contributed by atoms with Gasteiger partial charge >= 0.3 is 0 Å². The lowest BCUT2D eigenvalue weighted by Crippen LogP contribution is -2.37. The van der Waals surface area contributed by atoms with E-state index in [4.69, 9.17) is 20.8 Å². The molecule has 6 nitrogen and oxygen atoms in total. The number of nitrogens with one attached hydrogen (secondary N) is 1. The Hall–Kier alpha value is -3.79. The van der Waals surface area contributed by atoms with Crippen LogP contribution >= 0.6 is 11.6 Å². The van der Waals surface area contributed by atoms with Crippen molar-refractivity contribution in [1.82, 2.24) is 9.88 Å². The average molecular weight is 555 g/mol. The van der Waals surface area contributed by atoms with Gasteiger partial charge in [-0.25, -0.2) is 0 Å². The van der Waals surface area contributed by atoms with Crippen LogP contribution in [0.25, 0.3) is 11.5 Å². The fourth-order valence-electron chi connectivity index (χ4n) is 5.09. The van der Waals surface area contributed by atoms with Gasteiger partial charge < -0.3 is 14.5 Å². The number of hydrogen-bond acceptors (Lipinski definition) is 6. The molecule has 5 rings (SSSR count). The third kappa shape index (κ3) is 6.67. The van der Waals surface area contributed by atoms with Gasteiger partial charge in [-0.1, -0.05) is 74.3 Å². The number of piperidine rings is 1. The molecule has 1 N–H and O–H groups in total. The number of hydrogen-bond donors (Lipinski definition) is 1. The van der Waals surface area contributed by atoms with E-state index in [1.165, 1.54) is 30.4 Å². The van der Waals surface area contributed by atoms with Gasteiger partial charge in [0.15, 0.2) is 0 Å².